The molecule has 2 rings (SSSR count). The van der Waals surface area contributed by atoms with Gasteiger partial charge in [0.15, 0.2) is 0 Å². The van der Waals surface area contributed by atoms with Gasteiger partial charge in [-0.15, -0.1) is 0 Å². The molecular weight excluding hydrogens is 246 g/mol. The first kappa shape index (κ1) is 13.6. The Bertz CT molecular complexity index is 420. The highest BCUT2D eigenvalue weighted by atomic mass is 16.3. The first-order chi connectivity index (χ1) is 9.15. The summed E-state index contributed by atoms with van der Waals surface area (Å²) in [4.78, 5) is 22.9. The average molecular weight is 265 g/mol. The van der Waals surface area contributed by atoms with Crippen LogP contribution >= 0.6 is 0 Å². The van der Waals surface area contributed by atoms with Crippen molar-refractivity contribution < 1.29 is 14.0 Å². The minimum absolute atomic E-state index is 0.0756. The van der Waals surface area contributed by atoms with Gasteiger partial charge in [0.05, 0.1) is 18.8 Å². The van der Waals surface area contributed by atoms with E-state index in [4.69, 9.17) is 4.42 Å². The second kappa shape index (κ2) is 6.38. The maximum Gasteiger partial charge on any atom is 0.237 e. The van der Waals surface area contributed by atoms with Crippen LogP contribution in [0, 0.1) is 0 Å². The molecule has 0 aliphatic carbocycles. The maximum absolute atomic E-state index is 11.9. The van der Waals surface area contributed by atoms with Crippen LogP contribution in [-0.2, 0) is 16.1 Å². The molecule has 0 spiro atoms. The fraction of sp³-hybridized carbons (Fsp3) is 0.538. The van der Waals surface area contributed by atoms with Crippen molar-refractivity contribution >= 4 is 11.8 Å². The van der Waals surface area contributed by atoms with Crippen LogP contribution in [0.3, 0.4) is 0 Å². The van der Waals surface area contributed by atoms with Gasteiger partial charge in [-0.25, -0.2) is 0 Å². The lowest BCUT2D eigenvalue weighted by molar-refractivity contribution is -0.123. The van der Waals surface area contributed by atoms with Crippen molar-refractivity contribution in [2.24, 2.45) is 0 Å². The van der Waals surface area contributed by atoms with Crippen LogP contribution in [0.5, 0.6) is 0 Å². The van der Waals surface area contributed by atoms with Crippen LogP contribution in [-0.4, -0.2) is 30.4 Å². The fourth-order valence-electron chi connectivity index (χ4n) is 2.04. The molecule has 0 saturated carbocycles. The molecule has 1 aliphatic rings. The summed E-state index contributed by atoms with van der Waals surface area (Å²) in [5, 5.41) is 8.80. The van der Waals surface area contributed by atoms with E-state index in [0.717, 1.165) is 12.2 Å². The molecule has 1 aliphatic heterocycles. The monoisotopic (exact) mass is 265 g/mol. The Hall–Kier alpha value is -1.82. The van der Waals surface area contributed by atoms with Gasteiger partial charge in [0.25, 0.3) is 0 Å². The Kier molecular flexibility index (Phi) is 4.57. The molecule has 6 heteroatoms. The molecule has 1 fully saturated rings. The quantitative estimate of drug-likeness (QED) is 0.708. The predicted molar refractivity (Wildman–Crippen MR) is 69.2 cm³/mol. The summed E-state index contributed by atoms with van der Waals surface area (Å²) in [6.45, 7) is 2.78. The smallest absolute Gasteiger partial charge is 0.237 e. The van der Waals surface area contributed by atoms with Crippen molar-refractivity contribution in [3.63, 3.8) is 0 Å². The normalized spacial score (nSPS) is 20.7. The summed E-state index contributed by atoms with van der Waals surface area (Å²) in [5.74, 6) is 0.728. The molecule has 2 atom stereocenters. The van der Waals surface area contributed by atoms with Crippen molar-refractivity contribution in [2.45, 2.75) is 38.4 Å². The Morgan fingerprint density at radius 2 is 2.47 bits per heavy atom. The molecule has 104 valence electrons. The Morgan fingerprint density at radius 3 is 3.11 bits per heavy atom. The molecule has 2 amide bonds. The molecule has 0 bridgehead atoms. The maximum atomic E-state index is 11.9. The standard InChI is InChI=1S/C13H19N3O3/c1-9(16-10-4-5-12(17)14-7-10)13(18)15-8-11-3-2-6-19-11/h2-3,6,9-10,16H,4-5,7-8H2,1H3,(H,14,17)(H,15,18). The third-order valence-corrected chi connectivity index (χ3v) is 3.16. The SMILES string of the molecule is CC(NC1CCC(=O)NC1)C(=O)NCc1ccco1. The van der Waals surface area contributed by atoms with Crippen LogP contribution in [0.15, 0.2) is 22.8 Å². The van der Waals surface area contributed by atoms with E-state index in [1.54, 1.807) is 12.3 Å². The third-order valence-electron chi connectivity index (χ3n) is 3.16. The summed E-state index contributed by atoms with van der Waals surface area (Å²) in [6.07, 6.45) is 2.86. The van der Waals surface area contributed by atoms with Crippen LogP contribution in [0.25, 0.3) is 0 Å². The first-order valence-electron chi connectivity index (χ1n) is 6.48. The number of carbonyl (C=O) groups excluding carboxylic acids is 2. The first-order valence-corrected chi connectivity index (χ1v) is 6.48. The Labute approximate surface area is 111 Å². The van der Waals surface area contributed by atoms with Crippen molar-refractivity contribution in [2.75, 3.05) is 6.54 Å². The van der Waals surface area contributed by atoms with E-state index in [1.165, 1.54) is 0 Å². The highest BCUT2D eigenvalue weighted by Gasteiger charge is 2.22. The Balaban J connectivity index is 1.71. The molecule has 3 N–H and O–H groups in total. The van der Waals surface area contributed by atoms with E-state index in [9.17, 15) is 9.59 Å². The lowest BCUT2D eigenvalue weighted by Gasteiger charge is -2.26. The van der Waals surface area contributed by atoms with Gasteiger partial charge in [0.1, 0.15) is 5.76 Å². The lowest BCUT2D eigenvalue weighted by atomic mass is 10.1. The molecule has 2 unspecified atom stereocenters. The summed E-state index contributed by atoms with van der Waals surface area (Å²) >= 11 is 0. The number of nitrogens with one attached hydrogen (secondary N) is 3. The molecule has 1 aromatic rings. The van der Waals surface area contributed by atoms with E-state index >= 15 is 0 Å². The van der Waals surface area contributed by atoms with Crippen molar-refractivity contribution in [1.29, 1.82) is 0 Å². The number of hydrogen-bond acceptors (Lipinski definition) is 4. The van der Waals surface area contributed by atoms with E-state index in [0.29, 0.717) is 19.5 Å². The molecule has 2 heterocycles. The number of piperidine rings is 1. The van der Waals surface area contributed by atoms with Gasteiger partial charge >= 0.3 is 0 Å². The number of hydrogen-bond donors (Lipinski definition) is 3. The average Bonchev–Trinajstić information content (AvgIpc) is 2.91. The number of carbonyl (C=O) groups is 2. The van der Waals surface area contributed by atoms with Gasteiger partial charge in [0, 0.05) is 19.0 Å². The minimum Gasteiger partial charge on any atom is -0.467 e. The summed E-state index contributed by atoms with van der Waals surface area (Å²) in [6, 6.07) is 3.46. The van der Waals surface area contributed by atoms with Crippen LogP contribution < -0.4 is 16.0 Å². The number of rotatable bonds is 5. The summed E-state index contributed by atoms with van der Waals surface area (Å²) in [5.41, 5.74) is 0. The summed E-state index contributed by atoms with van der Waals surface area (Å²) < 4.78 is 5.14. The van der Waals surface area contributed by atoms with Crippen molar-refractivity contribution in [1.82, 2.24) is 16.0 Å². The Morgan fingerprint density at radius 1 is 1.63 bits per heavy atom. The van der Waals surface area contributed by atoms with Crippen LogP contribution in [0.1, 0.15) is 25.5 Å². The second-order valence-electron chi connectivity index (χ2n) is 4.73. The van der Waals surface area contributed by atoms with Gasteiger partial charge in [0.2, 0.25) is 11.8 Å². The van der Waals surface area contributed by atoms with Crippen LogP contribution in [0.4, 0.5) is 0 Å². The molecule has 1 saturated heterocycles. The van der Waals surface area contributed by atoms with Gasteiger partial charge in [-0.05, 0) is 25.5 Å². The van der Waals surface area contributed by atoms with Gasteiger partial charge in [-0.3, -0.25) is 9.59 Å². The third kappa shape index (κ3) is 4.10. The molecule has 0 aromatic carbocycles. The largest absolute Gasteiger partial charge is 0.467 e. The van der Waals surface area contributed by atoms with Crippen molar-refractivity contribution in [3.05, 3.63) is 24.2 Å². The molecule has 0 radical (unpaired) electrons. The van der Waals surface area contributed by atoms with E-state index in [-0.39, 0.29) is 23.9 Å². The van der Waals surface area contributed by atoms with E-state index < -0.39 is 0 Å². The highest BCUT2D eigenvalue weighted by Crippen LogP contribution is 2.04. The molecule has 1 aromatic heterocycles. The zero-order valence-electron chi connectivity index (χ0n) is 10.9. The lowest BCUT2D eigenvalue weighted by Crippen LogP contribution is -2.52. The van der Waals surface area contributed by atoms with Crippen molar-refractivity contribution in [3.8, 4) is 0 Å². The van der Waals surface area contributed by atoms with E-state index in [2.05, 4.69) is 16.0 Å². The van der Waals surface area contributed by atoms with Gasteiger partial charge in [-0.2, -0.15) is 0 Å². The van der Waals surface area contributed by atoms with Gasteiger partial charge < -0.3 is 20.4 Å². The minimum atomic E-state index is -0.296. The topological polar surface area (TPSA) is 83.4 Å². The highest BCUT2D eigenvalue weighted by molar-refractivity contribution is 5.81. The summed E-state index contributed by atoms with van der Waals surface area (Å²) in [7, 11) is 0. The molecule has 19 heavy (non-hydrogen) atoms. The zero-order chi connectivity index (χ0) is 13.7. The predicted octanol–water partition coefficient (Wildman–Crippen LogP) is 0.153. The zero-order valence-corrected chi connectivity index (χ0v) is 10.9. The fourth-order valence-corrected chi connectivity index (χ4v) is 2.04. The number of furan rings is 1. The number of amides is 2. The molecular formula is C13H19N3O3. The molecule has 6 nitrogen and oxygen atoms in total. The van der Waals surface area contributed by atoms with E-state index in [1.807, 2.05) is 13.0 Å². The second-order valence-corrected chi connectivity index (χ2v) is 4.73. The van der Waals surface area contributed by atoms with Crippen LogP contribution in [0.2, 0.25) is 0 Å². The van der Waals surface area contributed by atoms with Gasteiger partial charge in [-0.1, -0.05) is 0 Å².